The average Bonchev–Trinajstić information content (AvgIpc) is 2.58. The van der Waals surface area contributed by atoms with E-state index < -0.39 is 23.6 Å². The Morgan fingerprint density at radius 2 is 1.88 bits per heavy atom. The molecule has 1 unspecified atom stereocenters. The molecule has 0 aliphatic carbocycles. The Labute approximate surface area is 153 Å². The first kappa shape index (κ1) is 19.9. The van der Waals surface area contributed by atoms with E-state index in [1.165, 1.54) is 4.90 Å². The van der Waals surface area contributed by atoms with Gasteiger partial charge in [-0.2, -0.15) is 0 Å². The van der Waals surface area contributed by atoms with Crippen LogP contribution in [0.5, 0.6) is 0 Å². The number of ketones is 1. The number of amides is 2. The van der Waals surface area contributed by atoms with Gasteiger partial charge in [-0.1, -0.05) is 29.8 Å². The molecule has 1 aromatic rings. The van der Waals surface area contributed by atoms with Gasteiger partial charge in [0.1, 0.15) is 11.6 Å². The average molecular weight is 362 g/mol. The molecule has 1 aromatic carbocycles. The first-order valence-corrected chi connectivity index (χ1v) is 8.62. The van der Waals surface area contributed by atoms with Gasteiger partial charge in [-0.15, -0.1) is 0 Å². The summed E-state index contributed by atoms with van der Waals surface area (Å²) in [6, 6.07) is 6.31. The number of hydrogen-bond donors (Lipinski definition) is 1. The highest BCUT2D eigenvalue weighted by Crippen LogP contribution is 2.15. The topological polar surface area (TPSA) is 84.9 Å². The van der Waals surface area contributed by atoms with Crippen LogP contribution in [0.1, 0.15) is 36.7 Å². The van der Waals surface area contributed by atoms with E-state index in [1.54, 1.807) is 32.9 Å². The van der Waals surface area contributed by atoms with Crippen molar-refractivity contribution in [1.29, 1.82) is 0 Å². The first-order chi connectivity index (χ1) is 12.2. The van der Waals surface area contributed by atoms with Crippen molar-refractivity contribution >= 4 is 17.8 Å². The highest BCUT2D eigenvalue weighted by molar-refractivity contribution is 6.00. The number of ether oxygens (including phenoxy) is 2. The lowest BCUT2D eigenvalue weighted by atomic mass is 10.1. The molecule has 0 aromatic heterocycles. The standard InChI is InChI=1S/C19H26N2O5/c1-13-5-7-14(8-6-13)16(22)11-20-17(23)15-12-25-10-9-21(15)18(24)26-19(2,3)4/h5-8,15H,9-12H2,1-4H3,(H,20,23). The van der Waals surface area contributed by atoms with Gasteiger partial charge in [-0.25, -0.2) is 4.79 Å². The van der Waals surface area contributed by atoms with E-state index in [4.69, 9.17) is 9.47 Å². The van der Waals surface area contributed by atoms with Crippen molar-refractivity contribution in [2.24, 2.45) is 0 Å². The fourth-order valence-corrected chi connectivity index (χ4v) is 2.49. The van der Waals surface area contributed by atoms with E-state index in [9.17, 15) is 14.4 Å². The lowest BCUT2D eigenvalue weighted by Crippen LogP contribution is -2.57. The van der Waals surface area contributed by atoms with E-state index in [-0.39, 0.29) is 25.5 Å². The van der Waals surface area contributed by atoms with Crippen LogP contribution in [0.2, 0.25) is 0 Å². The van der Waals surface area contributed by atoms with Gasteiger partial charge in [0.15, 0.2) is 5.78 Å². The molecule has 1 fully saturated rings. The molecule has 1 atom stereocenters. The molecule has 2 amide bonds. The number of carbonyl (C=O) groups is 3. The molecule has 142 valence electrons. The number of nitrogens with one attached hydrogen (secondary N) is 1. The minimum atomic E-state index is -0.815. The zero-order chi connectivity index (χ0) is 19.3. The summed E-state index contributed by atoms with van der Waals surface area (Å²) in [5.74, 6) is -0.630. The zero-order valence-electron chi connectivity index (χ0n) is 15.7. The molecular weight excluding hydrogens is 336 g/mol. The molecule has 26 heavy (non-hydrogen) atoms. The fraction of sp³-hybridized carbons (Fsp3) is 0.526. The second-order valence-electron chi connectivity index (χ2n) is 7.27. The first-order valence-electron chi connectivity index (χ1n) is 8.62. The van der Waals surface area contributed by atoms with Gasteiger partial charge in [0.05, 0.1) is 19.8 Å². The highest BCUT2D eigenvalue weighted by Gasteiger charge is 2.35. The molecule has 1 saturated heterocycles. The number of rotatable bonds is 4. The van der Waals surface area contributed by atoms with Crippen molar-refractivity contribution < 1.29 is 23.9 Å². The number of morpholine rings is 1. The van der Waals surface area contributed by atoms with Crippen molar-refractivity contribution in [2.45, 2.75) is 39.3 Å². The number of benzene rings is 1. The summed E-state index contributed by atoms with van der Waals surface area (Å²) in [6.45, 7) is 7.76. The summed E-state index contributed by atoms with van der Waals surface area (Å²) in [7, 11) is 0. The van der Waals surface area contributed by atoms with Crippen LogP contribution in [0.15, 0.2) is 24.3 Å². The van der Waals surface area contributed by atoms with Gasteiger partial charge < -0.3 is 14.8 Å². The quantitative estimate of drug-likeness (QED) is 0.828. The Kier molecular flexibility index (Phi) is 6.37. The third-order valence-corrected chi connectivity index (χ3v) is 3.86. The Morgan fingerprint density at radius 3 is 2.50 bits per heavy atom. The van der Waals surface area contributed by atoms with E-state index in [1.807, 2.05) is 19.1 Å². The Morgan fingerprint density at radius 1 is 1.23 bits per heavy atom. The molecule has 0 bridgehead atoms. The normalized spacial score (nSPS) is 17.5. The molecule has 0 spiro atoms. The third kappa shape index (κ3) is 5.56. The van der Waals surface area contributed by atoms with Crippen LogP contribution < -0.4 is 5.32 Å². The minimum Gasteiger partial charge on any atom is -0.444 e. The maximum atomic E-state index is 12.5. The van der Waals surface area contributed by atoms with Gasteiger partial charge >= 0.3 is 6.09 Å². The van der Waals surface area contributed by atoms with Gasteiger partial charge in [0.25, 0.3) is 0 Å². The second kappa shape index (κ2) is 8.31. The van der Waals surface area contributed by atoms with Crippen LogP contribution in [0.3, 0.4) is 0 Å². The molecule has 7 nitrogen and oxygen atoms in total. The molecule has 1 N–H and O–H groups in total. The van der Waals surface area contributed by atoms with Crippen LogP contribution in [-0.2, 0) is 14.3 Å². The maximum absolute atomic E-state index is 12.5. The van der Waals surface area contributed by atoms with E-state index in [0.29, 0.717) is 12.2 Å². The molecule has 7 heteroatoms. The lowest BCUT2D eigenvalue weighted by molar-refractivity contribution is -0.132. The van der Waals surface area contributed by atoms with Crippen LogP contribution >= 0.6 is 0 Å². The fourth-order valence-electron chi connectivity index (χ4n) is 2.49. The highest BCUT2D eigenvalue weighted by atomic mass is 16.6. The predicted molar refractivity (Wildman–Crippen MR) is 96.1 cm³/mol. The second-order valence-corrected chi connectivity index (χ2v) is 7.27. The third-order valence-electron chi connectivity index (χ3n) is 3.86. The van der Waals surface area contributed by atoms with Gasteiger partial charge in [-0.05, 0) is 27.7 Å². The molecular formula is C19H26N2O5. The number of hydrogen-bond acceptors (Lipinski definition) is 5. The summed E-state index contributed by atoms with van der Waals surface area (Å²) in [4.78, 5) is 38.3. The molecule has 2 rings (SSSR count). The Hall–Kier alpha value is -2.41. The van der Waals surface area contributed by atoms with Gasteiger partial charge in [-0.3, -0.25) is 14.5 Å². The van der Waals surface area contributed by atoms with Crippen LogP contribution in [-0.4, -0.2) is 60.6 Å². The largest absolute Gasteiger partial charge is 0.444 e. The van der Waals surface area contributed by atoms with Crippen molar-refractivity contribution in [3.05, 3.63) is 35.4 Å². The Bertz CT molecular complexity index is 664. The summed E-state index contributed by atoms with van der Waals surface area (Å²) < 4.78 is 10.7. The lowest BCUT2D eigenvalue weighted by Gasteiger charge is -2.35. The van der Waals surface area contributed by atoms with Crippen LogP contribution in [0.25, 0.3) is 0 Å². The van der Waals surface area contributed by atoms with Crippen LogP contribution in [0, 0.1) is 6.92 Å². The summed E-state index contributed by atoms with van der Waals surface area (Å²) >= 11 is 0. The molecule has 0 saturated carbocycles. The number of carbonyl (C=O) groups excluding carboxylic acids is 3. The molecule has 1 aliphatic rings. The van der Waals surface area contributed by atoms with Crippen molar-refractivity contribution in [1.82, 2.24) is 10.2 Å². The maximum Gasteiger partial charge on any atom is 0.411 e. The smallest absolute Gasteiger partial charge is 0.411 e. The van der Waals surface area contributed by atoms with Crippen molar-refractivity contribution in [2.75, 3.05) is 26.3 Å². The monoisotopic (exact) mass is 362 g/mol. The van der Waals surface area contributed by atoms with Gasteiger partial charge in [0, 0.05) is 12.1 Å². The van der Waals surface area contributed by atoms with Crippen molar-refractivity contribution in [3.8, 4) is 0 Å². The van der Waals surface area contributed by atoms with E-state index in [2.05, 4.69) is 5.32 Å². The summed E-state index contributed by atoms with van der Waals surface area (Å²) in [5.41, 5.74) is 0.926. The van der Waals surface area contributed by atoms with E-state index >= 15 is 0 Å². The summed E-state index contributed by atoms with van der Waals surface area (Å²) in [5, 5.41) is 2.60. The molecule has 1 aliphatic heterocycles. The number of nitrogens with zero attached hydrogens (tertiary/aromatic N) is 1. The van der Waals surface area contributed by atoms with Crippen molar-refractivity contribution in [3.63, 3.8) is 0 Å². The van der Waals surface area contributed by atoms with E-state index in [0.717, 1.165) is 5.56 Å². The zero-order valence-corrected chi connectivity index (χ0v) is 15.7. The van der Waals surface area contributed by atoms with Gasteiger partial charge in [0.2, 0.25) is 5.91 Å². The molecule has 0 radical (unpaired) electrons. The summed E-state index contributed by atoms with van der Waals surface area (Å²) in [6.07, 6.45) is -0.564. The predicted octanol–water partition coefficient (Wildman–Crippen LogP) is 1.93. The SMILES string of the molecule is Cc1ccc(C(=O)CNC(=O)C2COCCN2C(=O)OC(C)(C)C)cc1. The number of Topliss-reactive ketones (excluding diaryl/α,β-unsaturated/α-hetero) is 1. The minimum absolute atomic E-state index is 0.0732. The molecule has 1 heterocycles. The Balaban J connectivity index is 1.96. The van der Waals surface area contributed by atoms with Crippen LogP contribution in [0.4, 0.5) is 4.79 Å². The number of aryl methyl sites for hydroxylation is 1.